The third kappa shape index (κ3) is 2.41. The van der Waals surface area contributed by atoms with Crippen molar-refractivity contribution in [2.75, 3.05) is 0 Å². The fraction of sp³-hybridized carbons (Fsp3) is 0. The number of aromatic amines is 1. The van der Waals surface area contributed by atoms with Crippen molar-refractivity contribution in [1.29, 1.82) is 0 Å². The highest BCUT2D eigenvalue weighted by Crippen LogP contribution is 2.39. The van der Waals surface area contributed by atoms with Gasteiger partial charge in [-0.15, -0.1) is 0 Å². The summed E-state index contributed by atoms with van der Waals surface area (Å²) >= 11 is 0. The van der Waals surface area contributed by atoms with Gasteiger partial charge in [0.15, 0.2) is 0 Å². The van der Waals surface area contributed by atoms with Crippen LogP contribution in [0.2, 0.25) is 0 Å². The molecule has 32 heavy (non-hydrogen) atoms. The first-order valence-electron chi connectivity index (χ1n) is 11.0. The van der Waals surface area contributed by atoms with Crippen LogP contribution >= 0.6 is 0 Å². The van der Waals surface area contributed by atoms with Crippen molar-refractivity contribution >= 4 is 43.6 Å². The van der Waals surface area contributed by atoms with Gasteiger partial charge in [-0.05, 0) is 47.5 Å². The van der Waals surface area contributed by atoms with E-state index in [1.807, 2.05) is 0 Å². The molecule has 0 aliphatic rings. The number of H-pyrrole nitrogens is 1. The van der Waals surface area contributed by atoms with Crippen LogP contribution in [0.3, 0.4) is 0 Å². The molecule has 7 aromatic rings. The molecule has 5 aromatic carbocycles. The molecule has 0 saturated carbocycles. The molecule has 7 rings (SSSR count). The number of benzene rings is 5. The molecule has 150 valence electrons. The topological polar surface area (TPSA) is 20.7 Å². The third-order valence-corrected chi connectivity index (χ3v) is 6.53. The van der Waals surface area contributed by atoms with Crippen molar-refractivity contribution in [3.8, 4) is 16.8 Å². The van der Waals surface area contributed by atoms with E-state index in [4.69, 9.17) is 0 Å². The first-order valence-corrected chi connectivity index (χ1v) is 11.0. The quantitative estimate of drug-likeness (QED) is 0.298. The van der Waals surface area contributed by atoms with E-state index in [1.54, 1.807) is 0 Å². The Bertz CT molecular complexity index is 1770. The van der Waals surface area contributed by atoms with Gasteiger partial charge < -0.3 is 9.55 Å². The van der Waals surface area contributed by atoms with E-state index in [9.17, 15) is 0 Å². The lowest BCUT2D eigenvalue weighted by Gasteiger charge is -2.08. The number of rotatable bonds is 2. The van der Waals surface area contributed by atoms with Crippen molar-refractivity contribution in [3.63, 3.8) is 0 Å². The molecular weight excluding hydrogens is 388 g/mol. The number of fused-ring (bicyclic) bond motifs is 6. The zero-order chi connectivity index (χ0) is 21.1. The van der Waals surface area contributed by atoms with E-state index in [-0.39, 0.29) is 0 Å². The summed E-state index contributed by atoms with van der Waals surface area (Å²) in [5, 5.41) is 5.11. The first-order chi connectivity index (χ1) is 15.9. The van der Waals surface area contributed by atoms with Crippen LogP contribution in [0.5, 0.6) is 0 Å². The van der Waals surface area contributed by atoms with Gasteiger partial charge in [-0.2, -0.15) is 0 Å². The average Bonchev–Trinajstić information content (AvgIpc) is 3.40. The monoisotopic (exact) mass is 408 g/mol. The van der Waals surface area contributed by atoms with Crippen molar-refractivity contribution in [2.45, 2.75) is 0 Å². The van der Waals surface area contributed by atoms with Crippen LogP contribution in [0.25, 0.3) is 60.4 Å². The van der Waals surface area contributed by atoms with Crippen molar-refractivity contribution in [3.05, 3.63) is 115 Å². The molecule has 2 nitrogen and oxygen atoms in total. The number of nitrogens with zero attached hydrogens (tertiary/aromatic N) is 1. The molecule has 2 heterocycles. The van der Waals surface area contributed by atoms with E-state index >= 15 is 0 Å². The molecule has 2 aromatic heterocycles. The van der Waals surface area contributed by atoms with Crippen molar-refractivity contribution in [2.24, 2.45) is 0 Å². The lowest BCUT2D eigenvalue weighted by molar-refractivity contribution is 1.18. The second-order valence-electron chi connectivity index (χ2n) is 8.32. The first kappa shape index (κ1) is 17.4. The maximum atomic E-state index is 3.60. The molecule has 0 atom stereocenters. The molecule has 0 aliphatic heterocycles. The SMILES string of the molecule is c1ccc(-n2c3ccccc3c3c(-c4ccc5c(c4)[nH]c4ccccc45)cccc32)cc1. The number of nitrogens with one attached hydrogen (secondary N) is 1. The van der Waals surface area contributed by atoms with Crippen LogP contribution < -0.4 is 0 Å². The fourth-order valence-electron chi connectivity index (χ4n) is 5.14. The molecule has 1 N–H and O–H groups in total. The fourth-order valence-corrected chi connectivity index (χ4v) is 5.14. The highest BCUT2D eigenvalue weighted by Gasteiger charge is 2.16. The minimum absolute atomic E-state index is 1.17. The zero-order valence-corrected chi connectivity index (χ0v) is 17.4. The van der Waals surface area contributed by atoms with E-state index in [0.717, 1.165) is 0 Å². The summed E-state index contributed by atoms with van der Waals surface area (Å²) < 4.78 is 2.37. The Balaban J connectivity index is 1.56. The Morgan fingerprint density at radius 1 is 0.500 bits per heavy atom. The minimum Gasteiger partial charge on any atom is -0.354 e. The van der Waals surface area contributed by atoms with Crippen LogP contribution in [0.15, 0.2) is 115 Å². The van der Waals surface area contributed by atoms with Crippen LogP contribution in [0.1, 0.15) is 0 Å². The molecule has 0 unspecified atom stereocenters. The van der Waals surface area contributed by atoms with Crippen molar-refractivity contribution in [1.82, 2.24) is 9.55 Å². The number of aromatic nitrogens is 2. The van der Waals surface area contributed by atoms with Crippen LogP contribution in [0.4, 0.5) is 0 Å². The second kappa shape index (κ2) is 6.60. The molecule has 0 aliphatic carbocycles. The zero-order valence-electron chi connectivity index (χ0n) is 17.4. The Labute approximate surface area is 185 Å². The molecular formula is C30H20N2. The summed E-state index contributed by atoms with van der Waals surface area (Å²) in [6, 6.07) is 41.3. The van der Waals surface area contributed by atoms with Crippen molar-refractivity contribution < 1.29 is 0 Å². The van der Waals surface area contributed by atoms with E-state index in [2.05, 4.69) is 125 Å². The predicted molar refractivity (Wildman–Crippen MR) is 136 cm³/mol. The number of hydrogen-bond donors (Lipinski definition) is 1. The van der Waals surface area contributed by atoms with Gasteiger partial charge >= 0.3 is 0 Å². The van der Waals surface area contributed by atoms with Gasteiger partial charge in [0.25, 0.3) is 0 Å². The Morgan fingerprint density at radius 2 is 1.22 bits per heavy atom. The van der Waals surface area contributed by atoms with Gasteiger partial charge in [-0.25, -0.2) is 0 Å². The molecule has 0 spiro atoms. The van der Waals surface area contributed by atoms with Gasteiger partial charge in [0.2, 0.25) is 0 Å². The summed E-state index contributed by atoms with van der Waals surface area (Å²) in [4.78, 5) is 3.60. The average molecular weight is 409 g/mol. The maximum Gasteiger partial charge on any atom is 0.0547 e. The summed E-state index contributed by atoms with van der Waals surface area (Å²) in [6.07, 6.45) is 0. The standard InChI is InChI=1S/C30H20N2/c1-2-9-21(10-3-1)32-28-15-7-5-12-25(28)30-22(13-8-16-29(30)32)20-17-18-24-23-11-4-6-14-26(23)31-27(24)19-20/h1-19,31H. The molecule has 0 fully saturated rings. The molecule has 2 heteroatoms. The maximum absolute atomic E-state index is 3.60. The molecule has 0 amide bonds. The molecule has 0 radical (unpaired) electrons. The number of hydrogen-bond acceptors (Lipinski definition) is 0. The smallest absolute Gasteiger partial charge is 0.0547 e. The van der Waals surface area contributed by atoms with E-state index in [0.29, 0.717) is 0 Å². The van der Waals surface area contributed by atoms with Crippen LogP contribution in [-0.4, -0.2) is 9.55 Å². The second-order valence-corrected chi connectivity index (χ2v) is 8.32. The van der Waals surface area contributed by atoms with E-state index < -0.39 is 0 Å². The van der Waals surface area contributed by atoms with Crippen LogP contribution in [0, 0.1) is 0 Å². The Hall–Kier alpha value is -4.30. The van der Waals surface area contributed by atoms with Gasteiger partial charge in [0.05, 0.1) is 11.0 Å². The Morgan fingerprint density at radius 3 is 2.12 bits per heavy atom. The van der Waals surface area contributed by atoms with E-state index in [1.165, 1.54) is 60.4 Å². The summed E-state index contributed by atoms with van der Waals surface area (Å²) in [6.45, 7) is 0. The van der Waals surface area contributed by atoms with Gasteiger partial charge in [0, 0.05) is 38.3 Å². The van der Waals surface area contributed by atoms with Gasteiger partial charge in [-0.3, -0.25) is 0 Å². The lowest BCUT2D eigenvalue weighted by atomic mass is 9.98. The predicted octanol–water partition coefficient (Wildman–Crippen LogP) is 8.09. The lowest BCUT2D eigenvalue weighted by Crippen LogP contribution is -1.92. The Kier molecular flexibility index (Phi) is 3.58. The summed E-state index contributed by atoms with van der Waals surface area (Å²) in [5.74, 6) is 0. The molecule has 0 bridgehead atoms. The summed E-state index contributed by atoms with van der Waals surface area (Å²) in [7, 11) is 0. The minimum atomic E-state index is 1.17. The molecule has 0 saturated heterocycles. The van der Waals surface area contributed by atoms with Crippen LogP contribution in [-0.2, 0) is 0 Å². The third-order valence-electron chi connectivity index (χ3n) is 6.53. The summed E-state index contributed by atoms with van der Waals surface area (Å²) in [5.41, 5.74) is 8.48. The normalized spacial score (nSPS) is 11.8. The van der Waals surface area contributed by atoms with Gasteiger partial charge in [0.1, 0.15) is 0 Å². The highest BCUT2D eigenvalue weighted by molar-refractivity contribution is 6.16. The largest absolute Gasteiger partial charge is 0.354 e. The van der Waals surface area contributed by atoms with Gasteiger partial charge in [-0.1, -0.05) is 78.9 Å². The number of para-hydroxylation sites is 3. The highest BCUT2D eigenvalue weighted by atomic mass is 15.0.